The molecule has 0 spiro atoms. The molecule has 4 aromatic rings. The number of methoxy groups -OCH3 is 3. The molecule has 9 nitrogen and oxygen atoms in total. The van der Waals surface area contributed by atoms with Crippen molar-refractivity contribution < 1.29 is 42.4 Å². The van der Waals surface area contributed by atoms with Gasteiger partial charge in [-0.05, 0) is 30.3 Å². The number of hydrogen-bond donors (Lipinski definition) is 3. The predicted molar refractivity (Wildman–Crippen MR) is 112 cm³/mol. The monoisotopic (exact) mass is 465 g/mol. The number of pyridine rings is 1. The topological polar surface area (TPSA) is 127 Å². The van der Waals surface area contributed by atoms with E-state index in [-0.39, 0.29) is 5.75 Å². The summed E-state index contributed by atoms with van der Waals surface area (Å²) in [5.74, 6) is -0.991. The second-order valence-corrected chi connectivity index (χ2v) is 6.51. The van der Waals surface area contributed by atoms with Crippen LogP contribution in [0.1, 0.15) is 0 Å². The minimum absolute atomic E-state index is 0.187. The maximum absolute atomic E-state index is 10.6. The highest BCUT2D eigenvalue weighted by atomic mass is 19.4. The molecule has 2 aromatic carbocycles. The normalized spacial score (nSPS) is 11.1. The first kappa shape index (κ1) is 23.4. The molecule has 2 heterocycles. The third kappa shape index (κ3) is 4.54. The van der Waals surface area contributed by atoms with Crippen molar-refractivity contribution in [2.24, 2.45) is 0 Å². The van der Waals surface area contributed by atoms with Crippen LogP contribution in [-0.2, 0) is 4.79 Å². The lowest BCUT2D eigenvalue weighted by Crippen LogP contribution is -2.21. The summed E-state index contributed by atoms with van der Waals surface area (Å²) in [6.45, 7) is 0. The van der Waals surface area contributed by atoms with E-state index in [1.807, 2.05) is 6.07 Å². The van der Waals surface area contributed by atoms with Gasteiger partial charge in [0.25, 0.3) is 0 Å². The van der Waals surface area contributed by atoms with E-state index < -0.39 is 12.1 Å². The molecule has 3 N–H and O–H groups in total. The van der Waals surface area contributed by atoms with Crippen molar-refractivity contribution in [1.29, 1.82) is 0 Å². The van der Waals surface area contributed by atoms with E-state index in [1.165, 1.54) is 0 Å². The fourth-order valence-electron chi connectivity index (χ4n) is 3.16. The molecule has 0 unspecified atom stereocenters. The highest BCUT2D eigenvalue weighted by molar-refractivity contribution is 6.14. The van der Waals surface area contributed by atoms with Crippen molar-refractivity contribution >= 4 is 27.8 Å². The van der Waals surface area contributed by atoms with E-state index in [2.05, 4.69) is 10.2 Å². The van der Waals surface area contributed by atoms with Gasteiger partial charge in [-0.15, -0.1) is 0 Å². The number of aromatic hydroxyl groups is 1. The number of carboxylic acids is 1. The molecule has 0 aliphatic rings. The number of hydrogen-bond acceptors (Lipinski definition) is 7. The quantitative estimate of drug-likeness (QED) is 0.410. The maximum Gasteiger partial charge on any atom is 0.490 e. The van der Waals surface area contributed by atoms with Crippen molar-refractivity contribution in [2.45, 2.75) is 6.18 Å². The number of aromatic nitrogens is 3. The summed E-state index contributed by atoms with van der Waals surface area (Å²) in [6.07, 6.45) is -3.36. The van der Waals surface area contributed by atoms with Crippen molar-refractivity contribution in [3.05, 3.63) is 36.5 Å². The van der Waals surface area contributed by atoms with Crippen LogP contribution in [0, 0.1) is 0 Å². The Bertz CT molecular complexity index is 1300. The molecule has 174 valence electrons. The average Bonchev–Trinajstić information content (AvgIpc) is 3.26. The number of carbonyl (C=O) groups is 1. The van der Waals surface area contributed by atoms with Gasteiger partial charge in [-0.2, -0.15) is 18.3 Å². The van der Waals surface area contributed by atoms with Crippen LogP contribution in [0.4, 0.5) is 13.2 Å². The molecular formula is C21H18F3N3O6. The molecule has 0 bridgehead atoms. The first-order valence-corrected chi connectivity index (χ1v) is 9.17. The van der Waals surface area contributed by atoms with Crippen LogP contribution < -0.4 is 14.2 Å². The van der Waals surface area contributed by atoms with Crippen LogP contribution in [0.2, 0.25) is 0 Å². The largest absolute Gasteiger partial charge is 0.508 e. The Balaban J connectivity index is 0.000000383. The van der Waals surface area contributed by atoms with Crippen LogP contribution in [0.25, 0.3) is 33.1 Å². The minimum atomic E-state index is -5.08. The van der Waals surface area contributed by atoms with E-state index in [9.17, 15) is 18.3 Å². The number of rotatable bonds is 4. The van der Waals surface area contributed by atoms with Gasteiger partial charge in [0, 0.05) is 16.3 Å². The van der Waals surface area contributed by atoms with Gasteiger partial charge >= 0.3 is 12.1 Å². The fraction of sp³-hybridized carbons (Fsp3) is 0.190. The molecule has 0 saturated heterocycles. The first-order chi connectivity index (χ1) is 15.6. The molecule has 0 radical (unpaired) electrons. The van der Waals surface area contributed by atoms with Crippen molar-refractivity contribution in [3.63, 3.8) is 0 Å². The summed E-state index contributed by atoms with van der Waals surface area (Å²) in [6, 6.07) is 8.73. The lowest BCUT2D eigenvalue weighted by Gasteiger charge is -2.17. The smallest absolute Gasteiger partial charge is 0.490 e. The minimum Gasteiger partial charge on any atom is -0.508 e. The number of nitrogens with one attached hydrogen (secondary N) is 1. The number of alkyl halides is 3. The maximum atomic E-state index is 10.6. The lowest BCUT2D eigenvalue weighted by atomic mass is 10.00. The highest BCUT2D eigenvalue weighted by Gasteiger charge is 2.38. The number of H-pyrrole nitrogens is 1. The number of nitrogens with zero attached hydrogens (tertiary/aromatic N) is 2. The Morgan fingerprint density at radius 2 is 1.61 bits per heavy atom. The summed E-state index contributed by atoms with van der Waals surface area (Å²) < 4.78 is 48.4. The summed E-state index contributed by atoms with van der Waals surface area (Å²) >= 11 is 0. The number of phenolic OH excluding ortho intramolecular Hbond substituents is 1. The van der Waals surface area contributed by atoms with Crippen LogP contribution in [0.15, 0.2) is 36.5 Å². The Labute approximate surface area is 184 Å². The number of phenols is 1. The summed E-state index contributed by atoms with van der Waals surface area (Å²) in [5, 5.41) is 26.3. The van der Waals surface area contributed by atoms with Gasteiger partial charge in [-0.3, -0.25) is 5.10 Å². The standard InChI is InChI=1S/C19H17N3O4.C2HF3O2/c1-24-14-8-12-13-9-20-22-19(13)21-16(10-4-6-11(23)7-5-10)15(12)18(26-3)17(14)25-2;3-2(4,5)1(6)7/h4-9,23H,1-3H3,(H,20,21,22);(H,6,7). The number of aliphatic carboxylic acids is 1. The van der Waals surface area contributed by atoms with Crippen LogP contribution in [0.3, 0.4) is 0 Å². The Morgan fingerprint density at radius 1 is 1.00 bits per heavy atom. The van der Waals surface area contributed by atoms with Crippen molar-refractivity contribution in [2.75, 3.05) is 21.3 Å². The number of fused-ring (bicyclic) bond motifs is 3. The molecule has 4 rings (SSSR count). The zero-order valence-electron chi connectivity index (χ0n) is 17.5. The van der Waals surface area contributed by atoms with Crippen molar-refractivity contribution in [1.82, 2.24) is 15.2 Å². The molecule has 0 amide bonds. The van der Waals surface area contributed by atoms with Gasteiger partial charge in [0.05, 0.1) is 38.6 Å². The van der Waals surface area contributed by atoms with Gasteiger partial charge < -0.3 is 24.4 Å². The Morgan fingerprint density at radius 3 is 2.12 bits per heavy atom. The molecular weight excluding hydrogens is 447 g/mol. The van der Waals surface area contributed by atoms with Gasteiger partial charge in [0.1, 0.15) is 5.75 Å². The fourth-order valence-corrected chi connectivity index (χ4v) is 3.16. The summed E-state index contributed by atoms with van der Waals surface area (Å²) in [4.78, 5) is 13.6. The van der Waals surface area contributed by atoms with Gasteiger partial charge in [0.2, 0.25) is 5.75 Å². The van der Waals surface area contributed by atoms with Crippen LogP contribution in [0.5, 0.6) is 23.0 Å². The molecule has 0 saturated carbocycles. The van der Waals surface area contributed by atoms with E-state index in [4.69, 9.17) is 29.1 Å². The average molecular weight is 465 g/mol. The van der Waals surface area contributed by atoms with Crippen LogP contribution in [-0.4, -0.2) is 58.9 Å². The zero-order chi connectivity index (χ0) is 24.3. The number of aromatic amines is 1. The van der Waals surface area contributed by atoms with Gasteiger partial charge in [0.15, 0.2) is 17.1 Å². The Hall–Kier alpha value is -4.22. The molecule has 0 aliphatic carbocycles. The second kappa shape index (κ2) is 9.10. The van der Waals surface area contributed by atoms with Crippen molar-refractivity contribution in [3.8, 4) is 34.3 Å². The van der Waals surface area contributed by atoms with Crippen LogP contribution >= 0.6 is 0 Å². The lowest BCUT2D eigenvalue weighted by molar-refractivity contribution is -0.192. The van der Waals surface area contributed by atoms with E-state index in [1.54, 1.807) is 51.8 Å². The molecule has 0 aliphatic heterocycles. The molecule has 0 fully saturated rings. The summed E-state index contributed by atoms with van der Waals surface area (Å²) in [7, 11) is 4.73. The number of carboxylic acid groups (broad SMARTS) is 1. The predicted octanol–water partition coefficient (Wildman–Crippen LogP) is 4.14. The molecule has 33 heavy (non-hydrogen) atoms. The molecule has 2 aromatic heterocycles. The summed E-state index contributed by atoms with van der Waals surface area (Å²) in [5.41, 5.74) is 2.17. The number of halogens is 3. The van der Waals surface area contributed by atoms with E-state index in [0.29, 0.717) is 28.6 Å². The van der Waals surface area contributed by atoms with E-state index in [0.717, 1.165) is 21.7 Å². The first-order valence-electron chi connectivity index (χ1n) is 9.17. The van der Waals surface area contributed by atoms with Gasteiger partial charge in [-0.25, -0.2) is 9.78 Å². The highest BCUT2D eigenvalue weighted by Crippen LogP contribution is 2.48. The van der Waals surface area contributed by atoms with E-state index >= 15 is 0 Å². The second-order valence-electron chi connectivity index (χ2n) is 6.51. The number of benzene rings is 2. The third-order valence-corrected chi connectivity index (χ3v) is 4.58. The molecule has 12 heteroatoms. The SMILES string of the molecule is COc1cc2c(c(-c3ccc(O)cc3)nc3[nH]ncc32)c(OC)c1OC.O=C(O)C(F)(F)F. The zero-order valence-corrected chi connectivity index (χ0v) is 17.5. The molecule has 0 atom stereocenters. The Kier molecular flexibility index (Phi) is 6.47. The third-order valence-electron chi connectivity index (χ3n) is 4.58. The van der Waals surface area contributed by atoms with Gasteiger partial charge in [-0.1, -0.05) is 0 Å². The number of ether oxygens (including phenoxy) is 3.